The standard InChI is InChI=1S/C20H20ClF2N5O/c1-29-16-6-2-13(3-7-16)17(11-28(25)12-26-24)20(22,23)19-9-4-14-10-15(21)5-8-18(14)27-19/h2-10,12,17H,11,24-25H2,1H3/b26-12-. The number of hydrogen-bond acceptors (Lipinski definition) is 5. The number of methoxy groups -OCH3 is 1. The van der Waals surface area contributed by atoms with Crippen LogP contribution in [0.4, 0.5) is 8.78 Å². The number of fused-ring (bicyclic) bond motifs is 1. The van der Waals surface area contributed by atoms with Crippen LogP contribution in [0.3, 0.4) is 0 Å². The number of aromatic nitrogens is 1. The van der Waals surface area contributed by atoms with Crippen molar-refractivity contribution in [2.75, 3.05) is 13.7 Å². The summed E-state index contributed by atoms with van der Waals surface area (Å²) >= 11 is 5.96. The van der Waals surface area contributed by atoms with Crippen LogP contribution in [0.15, 0.2) is 59.7 Å². The topological polar surface area (TPSA) is 89.8 Å². The number of hydrazine groups is 1. The van der Waals surface area contributed by atoms with E-state index in [2.05, 4.69) is 10.1 Å². The van der Waals surface area contributed by atoms with E-state index in [-0.39, 0.29) is 12.2 Å². The molecule has 1 unspecified atom stereocenters. The van der Waals surface area contributed by atoms with Crippen LogP contribution >= 0.6 is 11.6 Å². The van der Waals surface area contributed by atoms with Gasteiger partial charge in [-0.15, -0.1) is 0 Å². The summed E-state index contributed by atoms with van der Waals surface area (Å²) in [5.74, 6) is 6.79. The zero-order valence-electron chi connectivity index (χ0n) is 15.6. The molecule has 0 spiro atoms. The normalized spacial score (nSPS) is 13.0. The summed E-state index contributed by atoms with van der Waals surface area (Å²) in [6.07, 6.45) is 1.09. The van der Waals surface area contributed by atoms with Gasteiger partial charge in [-0.05, 0) is 42.0 Å². The molecule has 1 aromatic heterocycles. The van der Waals surface area contributed by atoms with E-state index in [0.29, 0.717) is 27.2 Å². The van der Waals surface area contributed by atoms with Gasteiger partial charge in [0.15, 0.2) is 0 Å². The Bertz CT molecular complexity index is 1010. The zero-order valence-corrected chi connectivity index (χ0v) is 16.4. The predicted molar refractivity (Wildman–Crippen MR) is 110 cm³/mol. The average Bonchev–Trinajstić information content (AvgIpc) is 2.71. The van der Waals surface area contributed by atoms with Crippen molar-refractivity contribution in [2.24, 2.45) is 16.8 Å². The van der Waals surface area contributed by atoms with Crippen LogP contribution in [-0.4, -0.2) is 30.0 Å². The van der Waals surface area contributed by atoms with Gasteiger partial charge in [0.2, 0.25) is 0 Å². The molecule has 6 nitrogen and oxygen atoms in total. The predicted octanol–water partition coefficient (Wildman–Crippen LogP) is 3.85. The van der Waals surface area contributed by atoms with Crippen LogP contribution in [-0.2, 0) is 5.92 Å². The van der Waals surface area contributed by atoms with E-state index in [1.165, 1.54) is 13.2 Å². The molecule has 3 rings (SSSR count). The van der Waals surface area contributed by atoms with Gasteiger partial charge in [-0.25, -0.2) is 10.8 Å². The maximum absolute atomic E-state index is 15.6. The fourth-order valence-electron chi connectivity index (χ4n) is 3.07. The average molecular weight is 420 g/mol. The molecule has 0 bridgehead atoms. The van der Waals surface area contributed by atoms with E-state index >= 15 is 8.78 Å². The van der Waals surface area contributed by atoms with Crippen molar-refractivity contribution < 1.29 is 13.5 Å². The van der Waals surface area contributed by atoms with Gasteiger partial charge in [0.1, 0.15) is 17.8 Å². The van der Waals surface area contributed by atoms with Gasteiger partial charge in [0, 0.05) is 17.0 Å². The van der Waals surface area contributed by atoms with E-state index in [1.807, 2.05) is 0 Å². The number of halogens is 3. The Hall–Kier alpha value is -2.97. The second-order valence-corrected chi connectivity index (χ2v) is 6.88. The molecule has 1 heterocycles. The molecule has 3 aromatic rings. The molecule has 0 saturated heterocycles. The number of alkyl halides is 2. The highest BCUT2D eigenvalue weighted by molar-refractivity contribution is 6.31. The van der Waals surface area contributed by atoms with Crippen molar-refractivity contribution >= 4 is 28.8 Å². The molecular weight excluding hydrogens is 400 g/mol. The van der Waals surface area contributed by atoms with Crippen LogP contribution in [0.2, 0.25) is 5.02 Å². The van der Waals surface area contributed by atoms with Crippen molar-refractivity contribution in [1.29, 1.82) is 0 Å². The van der Waals surface area contributed by atoms with Crippen LogP contribution in [0.25, 0.3) is 10.9 Å². The highest BCUT2D eigenvalue weighted by Crippen LogP contribution is 2.42. The van der Waals surface area contributed by atoms with E-state index in [4.69, 9.17) is 28.0 Å². The molecule has 4 N–H and O–H groups in total. The first-order chi connectivity index (χ1) is 13.8. The summed E-state index contributed by atoms with van der Waals surface area (Å²) in [5, 5.41) is 5.50. The lowest BCUT2D eigenvalue weighted by molar-refractivity contribution is -0.0430. The first-order valence-corrected chi connectivity index (χ1v) is 9.06. The lowest BCUT2D eigenvalue weighted by atomic mass is 9.89. The summed E-state index contributed by atoms with van der Waals surface area (Å²) in [6, 6.07) is 14.1. The monoisotopic (exact) mass is 419 g/mol. The Labute approximate surface area is 171 Å². The maximum atomic E-state index is 15.6. The van der Waals surface area contributed by atoms with Crippen LogP contribution in [0.1, 0.15) is 17.2 Å². The number of nitrogens with two attached hydrogens (primary N) is 2. The molecule has 0 fully saturated rings. The van der Waals surface area contributed by atoms with E-state index < -0.39 is 11.8 Å². The summed E-state index contributed by atoms with van der Waals surface area (Å²) in [4.78, 5) is 4.17. The van der Waals surface area contributed by atoms with Gasteiger partial charge in [0.05, 0.1) is 18.5 Å². The third-order valence-corrected chi connectivity index (χ3v) is 4.79. The molecule has 2 aromatic carbocycles. The first-order valence-electron chi connectivity index (χ1n) is 8.68. The Morgan fingerprint density at radius 3 is 2.59 bits per heavy atom. The Morgan fingerprint density at radius 2 is 1.93 bits per heavy atom. The van der Waals surface area contributed by atoms with Crippen molar-refractivity contribution in [3.05, 3.63) is 70.9 Å². The van der Waals surface area contributed by atoms with Crippen LogP contribution in [0.5, 0.6) is 5.75 Å². The minimum Gasteiger partial charge on any atom is -0.497 e. The summed E-state index contributed by atoms with van der Waals surface area (Å²) in [5.41, 5.74) is 0.425. The molecule has 1 atom stereocenters. The lowest BCUT2D eigenvalue weighted by Crippen LogP contribution is -2.40. The van der Waals surface area contributed by atoms with Crippen molar-refractivity contribution in [1.82, 2.24) is 9.99 Å². The van der Waals surface area contributed by atoms with Crippen molar-refractivity contribution in [3.63, 3.8) is 0 Å². The van der Waals surface area contributed by atoms with Crippen molar-refractivity contribution in [2.45, 2.75) is 11.8 Å². The SMILES string of the molecule is COc1ccc(C(CN(N)/C=N\N)C(F)(F)c2ccc3cc(Cl)ccc3n2)cc1. The zero-order chi connectivity index (χ0) is 21.0. The van der Waals surface area contributed by atoms with Gasteiger partial charge in [-0.3, -0.25) is 5.01 Å². The number of hydrazone groups is 1. The molecule has 0 aliphatic carbocycles. The number of pyridine rings is 1. The minimum absolute atomic E-state index is 0.236. The van der Waals surface area contributed by atoms with Gasteiger partial charge < -0.3 is 10.6 Å². The number of ether oxygens (including phenoxy) is 1. The highest BCUT2D eigenvalue weighted by atomic mass is 35.5. The molecular formula is C20H20ClF2N5O. The largest absolute Gasteiger partial charge is 0.497 e. The Kier molecular flexibility index (Phi) is 6.14. The molecule has 0 amide bonds. The molecule has 0 radical (unpaired) electrons. The Balaban J connectivity index is 2.04. The molecule has 0 saturated carbocycles. The van der Waals surface area contributed by atoms with Gasteiger partial charge in [-0.2, -0.15) is 13.9 Å². The first kappa shape index (κ1) is 20.8. The summed E-state index contributed by atoms with van der Waals surface area (Å²) < 4.78 is 36.4. The van der Waals surface area contributed by atoms with Gasteiger partial charge in [0.25, 0.3) is 5.92 Å². The molecule has 29 heavy (non-hydrogen) atoms. The fraction of sp³-hybridized carbons (Fsp3) is 0.200. The number of hydrogen-bond donors (Lipinski definition) is 2. The fourth-order valence-corrected chi connectivity index (χ4v) is 3.25. The molecule has 0 aliphatic heterocycles. The summed E-state index contributed by atoms with van der Waals surface area (Å²) in [6.45, 7) is -0.236. The van der Waals surface area contributed by atoms with Gasteiger partial charge in [-0.1, -0.05) is 29.8 Å². The number of nitrogens with zero attached hydrogens (tertiary/aromatic N) is 3. The smallest absolute Gasteiger partial charge is 0.298 e. The minimum atomic E-state index is -3.33. The lowest BCUT2D eigenvalue weighted by Gasteiger charge is -2.29. The van der Waals surface area contributed by atoms with Crippen LogP contribution < -0.4 is 16.4 Å². The Morgan fingerprint density at radius 1 is 1.21 bits per heavy atom. The van der Waals surface area contributed by atoms with E-state index in [0.717, 1.165) is 11.3 Å². The number of rotatable bonds is 7. The van der Waals surface area contributed by atoms with E-state index in [1.54, 1.807) is 48.5 Å². The maximum Gasteiger partial charge on any atom is 0.298 e. The molecule has 0 aliphatic rings. The van der Waals surface area contributed by atoms with Crippen LogP contribution in [0, 0.1) is 0 Å². The van der Waals surface area contributed by atoms with Gasteiger partial charge >= 0.3 is 0 Å². The molecule has 9 heteroatoms. The third kappa shape index (κ3) is 4.55. The second-order valence-electron chi connectivity index (χ2n) is 6.44. The van der Waals surface area contributed by atoms with E-state index in [9.17, 15) is 0 Å². The second kappa shape index (κ2) is 8.59. The number of benzene rings is 2. The van der Waals surface area contributed by atoms with Crippen molar-refractivity contribution in [3.8, 4) is 5.75 Å². The summed E-state index contributed by atoms with van der Waals surface area (Å²) in [7, 11) is 1.51. The highest BCUT2D eigenvalue weighted by Gasteiger charge is 2.44. The quantitative estimate of drug-likeness (QED) is 0.263. The molecule has 152 valence electrons. The third-order valence-electron chi connectivity index (χ3n) is 4.56.